The van der Waals surface area contributed by atoms with Crippen molar-refractivity contribution in [2.24, 2.45) is 5.92 Å². The van der Waals surface area contributed by atoms with Crippen molar-refractivity contribution in [3.05, 3.63) is 64.8 Å². The Bertz CT molecular complexity index is 1260. The van der Waals surface area contributed by atoms with Gasteiger partial charge in [0.05, 0.1) is 18.8 Å². The summed E-state index contributed by atoms with van der Waals surface area (Å²) < 4.78 is 10.8. The predicted octanol–water partition coefficient (Wildman–Crippen LogP) is 4.16. The molecule has 0 saturated heterocycles. The van der Waals surface area contributed by atoms with Crippen molar-refractivity contribution >= 4 is 46.1 Å². The second kappa shape index (κ2) is 9.87. The predicted molar refractivity (Wildman–Crippen MR) is 127 cm³/mol. The summed E-state index contributed by atoms with van der Waals surface area (Å²) in [6.45, 7) is 5.06. The number of nitrogens with zero attached hydrogens (tertiary/aromatic N) is 3. The summed E-state index contributed by atoms with van der Waals surface area (Å²) in [6, 6.07) is 12.8. The normalized spacial score (nSPS) is 16.1. The molecule has 0 bridgehead atoms. The highest BCUT2D eigenvalue weighted by molar-refractivity contribution is 6.29. The van der Waals surface area contributed by atoms with Crippen LogP contribution in [0.2, 0.25) is 5.15 Å². The molecule has 0 aliphatic carbocycles. The summed E-state index contributed by atoms with van der Waals surface area (Å²) in [5.74, 6) is -2.62. The molecule has 1 amide bonds. The fourth-order valence-corrected chi connectivity index (χ4v) is 4.17. The van der Waals surface area contributed by atoms with Crippen molar-refractivity contribution < 1.29 is 23.9 Å². The molecule has 9 heteroatoms. The molecular weight excluding hydrogens is 458 g/mol. The summed E-state index contributed by atoms with van der Waals surface area (Å²) in [4.78, 5) is 50.0. The molecule has 1 aromatic carbocycles. The molecule has 2 atom stereocenters. The van der Waals surface area contributed by atoms with Gasteiger partial charge in [0, 0.05) is 10.9 Å². The average Bonchev–Trinajstić information content (AvgIpc) is 3.10. The van der Waals surface area contributed by atoms with Crippen LogP contribution in [-0.2, 0) is 19.1 Å². The standard InChI is InChI=1S/C25H24ClN3O5/c1-4-33-25(32)21(18(30)13-34-14(2)3)22-16-7-5-6-8-17(16)24(31)29(22)20-12-10-15-9-11-19(26)27-23(15)28-20/h5-12,14,21-22H,4,13H2,1-3H3. The van der Waals surface area contributed by atoms with Gasteiger partial charge in [-0.1, -0.05) is 29.8 Å². The van der Waals surface area contributed by atoms with Crippen LogP contribution in [0.5, 0.6) is 0 Å². The lowest BCUT2D eigenvalue weighted by Gasteiger charge is -2.30. The molecule has 176 valence electrons. The number of amides is 1. The number of ketones is 1. The first kappa shape index (κ1) is 23.8. The van der Waals surface area contributed by atoms with Crippen molar-refractivity contribution in [3.63, 3.8) is 0 Å². The van der Waals surface area contributed by atoms with E-state index in [0.29, 0.717) is 16.8 Å². The first-order chi connectivity index (χ1) is 16.3. The Labute approximate surface area is 201 Å². The van der Waals surface area contributed by atoms with Gasteiger partial charge in [-0.05, 0) is 56.7 Å². The van der Waals surface area contributed by atoms with Crippen LogP contribution in [0.4, 0.5) is 5.82 Å². The third-order valence-electron chi connectivity index (χ3n) is 5.52. The zero-order valence-corrected chi connectivity index (χ0v) is 19.8. The van der Waals surface area contributed by atoms with E-state index in [4.69, 9.17) is 21.1 Å². The molecule has 0 fully saturated rings. The van der Waals surface area contributed by atoms with E-state index in [9.17, 15) is 14.4 Å². The van der Waals surface area contributed by atoms with Crippen molar-refractivity contribution in [3.8, 4) is 0 Å². The molecular formula is C25H24ClN3O5. The van der Waals surface area contributed by atoms with Crippen LogP contribution >= 0.6 is 11.6 Å². The fourth-order valence-electron chi connectivity index (χ4n) is 4.03. The Balaban J connectivity index is 1.85. The van der Waals surface area contributed by atoms with Crippen LogP contribution < -0.4 is 4.90 Å². The van der Waals surface area contributed by atoms with Gasteiger partial charge in [0.15, 0.2) is 11.4 Å². The van der Waals surface area contributed by atoms with Gasteiger partial charge in [-0.3, -0.25) is 19.3 Å². The van der Waals surface area contributed by atoms with Gasteiger partial charge in [0.25, 0.3) is 5.91 Å². The van der Waals surface area contributed by atoms with E-state index in [2.05, 4.69) is 9.97 Å². The number of Topliss-reactive ketones (excluding diaryl/α,β-unsaturated/α-hetero) is 1. The Morgan fingerprint density at radius 3 is 2.56 bits per heavy atom. The van der Waals surface area contributed by atoms with Crippen molar-refractivity contribution in [2.75, 3.05) is 18.1 Å². The van der Waals surface area contributed by atoms with Gasteiger partial charge in [0.2, 0.25) is 0 Å². The molecule has 2 aromatic heterocycles. The molecule has 0 N–H and O–H groups in total. The van der Waals surface area contributed by atoms with Crippen LogP contribution in [0.1, 0.15) is 42.7 Å². The summed E-state index contributed by atoms with van der Waals surface area (Å²) in [5, 5.41) is 0.993. The quantitative estimate of drug-likeness (QED) is 0.270. The lowest BCUT2D eigenvalue weighted by Crippen LogP contribution is -2.42. The number of anilines is 1. The highest BCUT2D eigenvalue weighted by Crippen LogP contribution is 2.42. The van der Waals surface area contributed by atoms with E-state index >= 15 is 0 Å². The summed E-state index contributed by atoms with van der Waals surface area (Å²) in [5.41, 5.74) is 1.28. The third kappa shape index (κ3) is 4.51. The van der Waals surface area contributed by atoms with Crippen molar-refractivity contribution in [1.82, 2.24) is 9.97 Å². The second-order valence-electron chi connectivity index (χ2n) is 8.11. The number of hydrogen-bond donors (Lipinski definition) is 0. The second-order valence-corrected chi connectivity index (χ2v) is 8.50. The van der Waals surface area contributed by atoms with Crippen LogP contribution in [0.25, 0.3) is 11.0 Å². The number of benzene rings is 1. The lowest BCUT2D eigenvalue weighted by atomic mass is 9.89. The first-order valence-electron chi connectivity index (χ1n) is 11.0. The number of esters is 1. The van der Waals surface area contributed by atoms with Gasteiger partial charge >= 0.3 is 5.97 Å². The number of rotatable bonds is 8. The van der Waals surface area contributed by atoms with Gasteiger partial charge < -0.3 is 9.47 Å². The summed E-state index contributed by atoms with van der Waals surface area (Å²) in [6.07, 6.45) is -0.210. The molecule has 8 nitrogen and oxygen atoms in total. The van der Waals surface area contributed by atoms with Gasteiger partial charge in [-0.15, -0.1) is 0 Å². The van der Waals surface area contributed by atoms with Crippen LogP contribution in [-0.4, -0.2) is 46.9 Å². The smallest absolute Gasteiger partial charge is 0.319 e. The minimum absolute atomic E-state index is 0.0899. The largest absolute Gasteiger partial charge is 0.465 e. The number of carbonyl (C=O) groups is 3. The van der Waals surface area contributed by atoms with Crippen molar-refractivity contribution in [2.45, 2.75) is 32.9 Å². The number of halogens is 1. The van der Waals surface area contributed by atoms with Gasteiger partial charge in [-0.2, -0.15) is 0 Å². The van der Waals surface area contributed by atoms with E-state index in [1.165, 1.54) is 4.90 Å². The topological polar surface area (TPSA) is 98.7 Å². The molecule has 1 aliphatic rings. The zero-order chi connectivity index (χ0) is 24.4. The van der Waals surface area contributed by atoms with Crippen LogP contribution in [0.3, 0.4) is 0 Å². The molecule has 4 rings (SSSR count). The molecule has 1 aliphatic heterocycles. The SMILES string of the molecule is CCOC(=O)C(C(=O)COC(C)C)C1c2ccccc2C(=O)N1c1ccc2ccc(Cl)nc2n1. The van der Waals surface area contributed by atoms with Gasteiger partial charge in [-0.25, -0.2) is 9.97 Å². The monoisotopic (exact) mass is 481 g/mol. The third-order valence-corrected chi connectivity index (χ3v) is 5.73. The maximum atomic E-state index is 13.5. The Morgan fingerprint density at radius 1 is 1.09 bits per heavy atom. The Hall–Kier alpha value is -3.36. The molecule has 3 aromatic rings. The fraction of sp³-hybridized carbons (Fsp3) is 0.320. The number of aromatic nitrogens is 2. The number of pyridine rings is 2. The van der Waals surface area contributed by atoms with Crippen LogP contribution in [0.15, 0.2) is 48.5 Å². The summed E-state index contributed by atoms with van der Waals surface area (Å²) in [7, 11) is 0. The average molecular weight is 482 g/mol. The van der Waals surface area contributed by atoms with E-state index in [-0.39, 0.29) is 36.2 Å². The number of fused-ring (bicyclic) bond motifs is 2. The molecule has 2 unspecified atom stereocenters. The first-order valence-corrected chi connectivity index (χ1v) is 11.4. The number of ether oxygens (including phenoxy) is 2. The molecule has 0 spiro atoms. The Kier molecular flexibility index (Phi) is 6.90. The van der Waals surface area contributed by atoms with E-state index in [0.717, 1.165) is 5.39 Å². The highest BCUT2D eigenvalue weighted by Gasteiger charge is 2.48. The molecule has 0 saturated carbocycles. The molecule has 34 heavy (non-hydrogen) atoms. The minimum Gasteiger partial charge on any atom is -0.465 e. The van der Waals surface area contributed by atoms with E-state index in [1.54, 1.807) is 69.3 Å². The molecule has 3 heterocycles. The highest BCUT2D eigenvalue weighted by atomic mass is 35.5. The molecule has 0 radical (unpaired) electrons. The summed E-state index contributed by atoms with van der Waals surface area (Å²) >= 11 is 6.04. The maximum Gasteiger partial charge on any atom is 0.319 e. The minimum atomic E-state index is -1.30. The maximum absolute atomic E-state index is 13.5. The van der Waals surface area contributed by atoms with Gasteiger partial charge in [0.1, 0.15) is 23.5 Å². The zero-order valence-electron chi connectivity index (χ0n) is 19.0. The Morgan fingerprint density at radius 2 is 1.82 bits per heavy atom. The lowest BCUT2D eigenvalue weighted by molar-refractivity contribution is -0.154. The number of carbonyl (C=O) groups excluding carboxylic acids is 3. The number of hydrogen-bond acceptors (Lipinski definition) is 7. The van der Waals surface area contributed by atoms with E-state index < -0.39 is 23.7 Å². The van der Waals surface area contributed by atoms with E-state index in [1.807, 2.05) is 0 Å². The van der Waals surface area contributed by atoms with Crippen LogP contribution in [0, 0.1) is 5.92 Å². The van der Waals surface area contributed by atoms with Crippen molar-refractivity contribution in [1.29, 1.82) is 0 Å².